The van der Waals surface area contributed by atoms with Gasteiger partial charge < -0.3 is 5.11 Å². The summed E-state index contributed by atoms with van der Waals surface area (Å²) in [5.74, 6) is 0.922. The maximum Gasteiger partial charge on any atom is 0.159 e. The fourth-order valence-electron chi connectivity index (χ4n) is 1.36. The number of aromatic hydroxyl groups is 1. The van der Waals surface area contributed by atoms with Gasteiger partial charge in [-0.3, -0.25) is 4.68 Å². The highest BCUT2D eigenvalue weighted by molar-refractivity contribution is 5.31. The van der Waals surface area contributed by atoms with E-state index in [4.69, 9.17) is 0 Å². The zero-order chi connectivity index (χ0) is 10.0. The Balaban J connectivity index is 2.95. The topological polar surface area (TPSA) is 38.0 Å². The van der Waals surface area contributed by atoms with Gasteiger partial charge in [0.1, 0.15) is 5.69 Å². The Labute approximate surface area is 79.4 Å². The zero-order valence-corrected chi connectivity index (χ0v) is 8.83. The molecule has 0 radical (unpaired) electrons. The zero-order valence-electron chi connectivity index (χ0n) is 8.83. The smallest absolute Gasteiger partial charge is 0.159 e. The number of hydrogen-bond acceptors (Lipinski definition) is 2. The molecule has 0 aromatic carbocycles. The van der Waals surface area contributed by atoms with Crippen molar-refractivity contribution in [1.82, 2.24) is 9.78 Å². The molecule has 0 saturated carbocycles. The van der Waals surface area contributed by atoms with Gasteiger partial charge in [-0.2, -0.15) is 5.10 Å². The number of aromatic nitrogens is 2. The SMILES string of the molecule is CCc1nn(CC(C)C)c(C)c1O. The lowest BCUT2D eigenvalue weighted by Crippen LogP contribution is -2.07. The lowest BCUT2D eigenvalue weighted by Gasteiger charge is -2.06. The number of aryl methyl sites for hydroxylation is 1. The van der Waals surface area contributed by atoms with E-state index in [0.717, 1.165) is 24.4 Å². The van der Waals surface area contributed by atoms with Crippen LogP contribution in [0.1, 0.15) is 32.2 Å². The highest BCUT2D eigenvalue weighted by Crippen LogP contribution is 2.21. The maximum absolute atomic E-state index is 9.65. The molecule has 0 aliphatic heterocycles. The molecule has 1 N–H and O–H groups in total. The molecule has 0 saturated heterocycles. The Bertz CT molecular complexity index is 289. The first kappa shape index (κ1) is 10.1. The fraction of sp³-hybridized carbons (Fsp3) is 0.700. The van der Waals surface area contributed by atoms with Crippen LogP contribution in [-0.4, -0.2) is 14.9 Å². The van der Waals surface area contributed by atoms with Gasteiger partial charge in [-0.15, -0.1) is 0 Å². The predicted octanol–water partition coefficient (Wildman–Crippen LogP) is 2.12. The summed E-state index contributed by atoms with van der Waals surface area (Å²) < 4.78 is 1.89. The van der Waals surface area contributed by atoms with E-state index in [0.29, 0.717) is 11.7 Å². The summed E-state index contributed by atoms with van der Waals surface area (Å²) in [6, 6.07) is 0. The Morgan fingerprint density at radius 3 is 2.46 bits per heavy atom. The van der Waals surface area contributed by atoms with E-state index in [1.54, 1.807) is 0 Å². The Morgan fingerprint density at radius 1 is 1.46 bits per heavy atom. The van der Waals surface area contributed by atoms with E-state index in [1.807, 2.05) is 18.5 Å². The van der Waals surface area contributed by atoms with Gasteiger partial charge in [-0.25, -0.2) is 0 Å². The van der Waals surface area contributed by atoms with Crippen LogP contribution in [0.15, 0.2) is 0 Å². The van der Waals surface area contributed by atoms with E-state index < -0.39 is 0 Å². The van der Waals surface area contributed by atoms with E-state index in [-0.39, 0.29) is 0 Å². The standard InChI is InChI=1S/C10H18N2O/c1-5-9-10(13)8(4)12(11-9)6-7(2)3/h7,13H,5-6H2,1-4H3. The quantitative estimate of drug-likeness (QED) is 0.777. The van der Waals surface area contributed by atoms with Crippen molar-refractivity contribution in [1.29, 1.82) is 0 Å². The summed E-state index contributed by atoms with van der Waals surface area (Å²) >= 11 is 0. The van der Waals surface area contributed by atoms with Crippen LogP contribution in [0.4, 0.5) is 0 Å². The summed E-state index contributed by atoms with van der Waals surface area (Å²) in [7, 11) is 0. The molecular weight excluding hydrogens is 164 g/mol. The average molecular weight is 182 g/mol. The van der Waals surface area contributed by atoms with Crippen LogP contribution in [0.2, 0.25) is 0 Å². The van der Waals surface area contributed by atoms with Crippen LogP contribution in [0, 0.1) is 12.8 Å². The molecule has 1 aromatic heterocycles. The monoisotopic (exact) mass is 182 g/mol. The molecule has 0 aliphatic carbocycles. The molecule has 1 aromatic rings. The van der Waals surface area contributed by atoms with Crippen molar-refractivity contribution in [2.45, 2.75) is 40.7 Å². The predicted molar refractivity (Wildman–Crippen MR) is 52.8 cm³/mol. The van der Waals surface area contributed by atoms with E-state index in [1.165, 1.54) is 0 Å². The summed E-state index contributed by atoms with van der Waals surface area (Å²) in [5, 5.41) is 14.0. The summed E-state index contributed by atoms with van der Waals surface area (Å²) in [5.41, 5.74) is 1.68. The van der Waals surface area contributed by atoms with E-state index in [2.05, 4.69) is 18.9 Å². The summed E-state index contributed by atoms with van der Waals surface area (Å²) in [6.45, 7) is 9.07. The molecular formula is C10H18N2O. The van der Waals surface area contributed by atoms with Crippen molar-refractivity contribution < 1.29 is 5.11 Å². The van der Waals surface area contributed by atoms with Crippen LogP contribution in [-0.2, 0) is 13.0 Å². The van der Waals surface area contributed by atoms with Gasteiger partial charge in [0.05, 0.1) is 5.69 Å². The van der Waals surface area contributed by atoms with Crippen LogP contribution in [0.3, 0.4) is 0 Å². The van der Waals surface area contributed by atoms with Gasteiger partial charge >= 0.3 is 0 Å². The highest BCUT2D eigenvalue weighted by Gasteiger charge is 2.12. The minimum Gasteiger partial charge on any atom is -0.504 e. The van der Waals surface area contributed by atoms with Crippen LogP contribution >= 0.6 is 0 Å². The molecule has 0 bridgehead atoms. The first-order chi connectivity index (χ1) is 6.06. The second kappa shape index (κ2) is 3.81. The summed E-state index contributed by atoms with van der Waals surface area (Å²) in [4.78, 5) is 0. The number of hydrogen-bond donors (Lipinski definition) is 1. The van der Waals surface area contributed by atoms with Crippen LogP contribution < -0.4 is 0 Å². The minimum atomic E-state index is 0.364. The molecule has 3 nitrogen and oxygen atoms in total. The van der Waals surface area contributed by atoms with Gasteiger partial charge in [0.2, 0.25) is 0 Å². The second-order valence-electron chi connectivity index (χ2n) is 3.81. The Morgan fingerprint density at radius 2 is 2.08 bits per heavy atom. The third-order valence-electron chi connectivity index (χ3n) is 2.12. The number of nitrogens with zero attached hydrogens (tertiary/aromatic N) is 2. The first-order valence-corrected chi connectivity index (χ1v) is 4.81. The van der Waals surface area contributed by atoms with Gasteiger partial charge in [0.25, 0.3) is 0 Å². The lowest BCUT2D eigenvalue weighted by atomic mass is 10.2. The molecule has 1 rings (SSSR count). The van der Waals surface area contributed by atoms with Crippen LogP contribution in [0.5, 0.6) is 5.75 Å². The molecule has 0 fully saturated rings. The summed E-state index contributed by atoms with van der Waals surface area (Å²) in [6.07, 6.45) is 0.789. The molecule has 0 amide bonds. The van der Waals surface area contributed by atoms with Crippen molar-refractivity contribution in [2.75, 3.05) is 0 Å². The van der Waals surface area contributed by atoms with Crippen molar-refractivity contribution in [3.05, 3.63) is 11.4 Å². The molecule has 0 unspecified atom stereocenters. The van der Waals surface area contributed by atoms with Crippen molar-refractivity contribution >= 4 is 0 Å². The third kappa shape index (κ3) is 2.02. The van der Waals surface area contributed by atoms with Crippen molar-refractivity contribution in [3.63, 3.8) is 0 Å². The molecule has 3 heteroatoms. The minimum absolute atomic E-state index is 0.364. The van der Waals surface area contributed by atoms with E-state index >= 15 is 0 Å². The van der Waals surface area contributed by atoms with Gasteiger partial charge in [0, 0.05) is 6.54 Å². The highest BCUT2D eigenvalue weighted by atomic mass is 16.3. The molecule has 13 heavy (non-hydrogen) atoms. The molecule has 0 spiro atoms. The van der Waals surface area contributed by atoms with Gasteiger partial charge in [-0.1, -0.05) is 20.8 Å². The lowest BCUT2D eigenvalue weighted by molar-refractivity contribution is 0.451. The third-order valence-corrected chi connectivity index (χ3v) is 2.12. The van der Waals surface area contributed by atoms with Crippen molar-refractivity contribution in [3.8, 4) is 5.75 Å². The van der Waals surface area contributed by atoms with E-state index in [9.17, 15) is 5.11 Å². The van der Waals surface area contributed by atoms with Crippen LogP contribution in [0.25, 0.3) is 0 Å². The first-order valence-electron chi connectivity index (χ1n) is 4.81. The normalized spacial score (nSPS) is 11.2. The molecule has 74 valence electrons. The maximum atomic E-state index is 9.65. The largest absolute Gasteiger partial charge is 0.504 e. The van der Waals surface area contributed by atoms with Crippen molar-refractivity contribution in [2.24, 2.45) is 5.92 Å². The van der Waals surface area contributed by atoms with Gasteiger partial charge in [0.15, 0.2) is 5.75 Å². The molecule has 0 atom stereocenters. The Kier molecular flexibility index (Phi) is 2.96. The Hall–Kier alpha value is -0.990. The molecule has 1 heterocycles. The number of rotatable bonds is 3. The molecule has 0 aliphatic rings. The second-order valence-corrected chi connectivity index (χ2v) is 3.81. The fourth-order valence-corrected chi connectivity index (χ4v) is 1.36. The van der Waals surface area contributed by atoms with Gasteiger partial charge in [-0.05, 0) is 19.3 Å². The average Bonchev–Trinajstić information content (AvgIpc) is 2.32.